The number of aliphatic hydroxyl groups excluding tert-OH is 1. The molecular weight excluding hydrogens is 204 g/mol. The van der Waals surface area contributed by atoms with Crippen molar-refractivity contribution in [3.8, 4) is 0 Å². The molecule has 0 radical (unpaired) electrons. The van der Waals surface area contributed by atoms with Crippen LogP contribution in [-0.4, -0.2) is 41.7 Å². The third-order valence-corrected chi connectivity index (χ3v) is 2.88. The van der Waals surface area contributed by atoms with Crippen LogP contribution >= 0.6 is 0 Å². The van der Waals surface area contributed by atoms with Crippen LogP contribution in [0.2, 0.25) is 0 Å². The van der Waals surface area contributed by atoms with E-state index in [9.17, 15) is 4.79 Å². The number of nitrogens with two attached hydrogens (primary N) is 1. The first-order valence-electron chi connectivity index (χ1n) is 5.96. The second kappa shape index (κ2) is 5.15. The highest BCUT2D eigenvalue weighted by Gasteiger charge is 2.30. The minimum Gasteiger partial charge on any atom is -0.396 e. The summed E-state index contributed by atoms with van der Waals surface area (Å²) in [6.45, 7) is 7.95. The molecule has 0 aliphatic carbocycles. The molecule has 4 nitrogen and oxygen atoms in total. The average Bonchev–Trinajstić information content (AvgIpc) is 1.97. The van der Waals surface area contributed by atoms with Crippen LogP contribution in [0.25, 0.3) is 0 Å². The minimum absolute atomic E-state index is 0.0549. The molecule has 0 aromatic carbocycles. The van der Waals surface area contributed by atoms with E-state index in [1.165, 1.54) is 0 Å². The molecule has 1 aliphatic rings. The minimum atomic E-state index is -0.0549. The van der Waals surface area contributed by atoms with E-state index in [1.807, 2.05) is 0 Å². The van der Waals surface area contributed by atoms with Crippen molar-refractivity contribution in [3.05, 3.63) is 0 Å². The lowest BCUT2D eigenvalue weighted by molar-refractivity contribution is -0.138. The number of amides is 1. The van der Waals surface area contributed by atoms with Crippen LogP contribution in [0.5, 0.6) is 0 Å². The van der Waals surface area contributed by atoms with Gasteiger partial charge in [-0.3, -0.25) is 4.79 Å². The Balaban J connectivity index is 2.25. The third kappa shape index (κ3) is 4.10. The van der Waals surface area contributed by atoms with E-state index in [4.69, 9.17) is 10.8 Å². The summed E-state index contributed by atoms with van der Waals surface area (Å²) >= 11 is 0. The Morgan fingerprint density at radius 1 is 1.50 bits per heavy atom. The molecule has 1 amide bonds. The number of carbonyl (C=O) groups excluding carboxylic acids is 1. The number of nitrogens with zero attached hydrogens (tertiary/aromatic N) is 1. The van der Waals surface area contributed by atoms with Gasteiger partial charge in [0, 0.05) is 38.1 Å². The molecular formula is C12H24N2O2. The van der Waals surface area contributed by atoms with Crippen molar-refractivity contribution in [2.75, 3.05) is 19.7 Å². The molecule has 0 aromatic rings. The second-order valence-electron chi connectivity index (χ2n) is 6.08. The molecule has 1 saturated heterocycles. The van der Waals surface area contributed by atoms with Crippen LogP contribution in [0, 0.1) is 11.3 Å². The molecule has 0 saturated carbocycles. The van der Waals surface area contributed by atoms with Crippen LogP contribution in [-0.2, 0) is 4.79 Å². The summed E-state index contributed by atoms with van der Waals surface area (Å²) in [5, 5.41) is 8.86. The van der Waals surface area contributed by atoms with Gasteiger partial charge in [0.15, 0.2) is 0 Å². The molecule has 1 unspecified atom stereocenters. The Kier molecular flexibility index (Phi) is 4.33. The van der Waals surface area contributed by atoms with Crippen LogP contribution in [0.15, 0.2) is 0 Å². The molecule has 1 atom stereocenters. The maximum Gasteiger partial charge on any atom is 0.224 e. The molecule has 1 heterocycles. The van der Waals surface area contributed by atoms with Gasteiger partial charge < -0.3 is 15.7 Å². The zero-order valence-corrected chi connectivity index (χ0v) is 10.6. The zero-order chi connectivity index (χ0) is 12.3. The smallest absolute Gasteiger partial charge is 0.224 e. The summed E-state index contributed by atoms with van der Waals surface area (Å²) in [6, 6.07) is -0.0549. The van der Waals surface area contributed by atoms with E-state index >= 15 is 0 Å². The first-order valence-corrected chi connectivity index (χ1v) is 5.96. The fourth-order valence-corrected chi connectivity index (χ4v) is 2.10. The molecule has 4 heteroatoms. The lowest BCUT2D eigenvalue weighted by atomic mass is 9.87. The SMILES string of the molecule is CC(C)(C)CC(N)CC(=O)N1CC(CO)C1. The summed E-state index contributed by atoms with van der Waals surface area (Å²) in [6.07, 6.45) is 1.28. The largest absolute Gasteiger partial charge is 0.396 e. The molecule has 1 rings (SSSR count). The molecule has 1 aliphatic heterocycles. The van der Waals surface area contributed by atoms with E-state index in [0.29, 0.717) is 19.5 Å². The quantitative estimate of drug-likeness (QED) is 0.740. The highest BCUT2D eigenvalue weighted by atomic mass is 16.3. The van der Waals surface area contributed by atoms with Gasteiger partial charge in [0.05, 0.1) is 0 Å². The van der Waals surface area contributed by atoms with Crippen molar-refractivity contribution in [1.82, 2.24) is 4.90 Å². The highest BCUT2D eigenvalue weighted by Crippen LogP contribution is 2.22. The van der Waals surface area contributed by atoms with E-state index in [-0.39, 0.29) is 29.9 Å². The monoisotopic (exact) mass is 228 g/mol. The summed E-state index contributed by atoms with van der Waals surface area (Å²) in [4.78, 5) is 13.5. The van der Waals surface area contributed by atoms with Crippen molar-refractivity contribution >= 4 is 5.91 Å². The molecule has 0 aromatic heterocycles. The maximum atomic E-state index is 11.7. The normalized spacial score (nSPS) is 19.4. The van der Waals surface area contributed by atoms with Crippen LogP contribution < -0.4 is 5.73 Å². The molecule has 16 heavy (non-hydrogen) atoms. The summed E-state index contributed by atoms with van der Waals surface area (Å²) in [5.41, 5.74) is 6.12. The topological polar surface area (TPSA) is 66.6 Å². The van der Waals surface area contributed by atoms with E-state index in [1.54, 1.807) is 4.90 Å². The third-order valence-electron chi connectivity index (χ3n) is 2.88. The molecule has 1 fully saturated rings. The lowest BCUT2D eigenvalue weighted by Gasteiger charge is -2.39. The fourth-order valence-electron chi connectivity index (χ4n) is 2.10. The van der Waals surface area contributed by atoms with Crippen LogP contribution in [0.4, 0.5) is 0 Å². The number of aliphatic hydroxyl groups is 1. The standard InChI is InChI=1S/C12H24N2O2/c1-12(2,3)5-10(13)4-11(16)14-6-9(7-14)8-15/h9-10,15H,4-8,13H2,1-3H3. The van der Waals surface area contributed by atoms with E-state index < -0.39 is 0 Å². The van der Waals surface area contributed by atoms with Crippen molar-refractivity contribution in [1.29, 1.82) is 0 Å². The van der Waals surface area contributed by atoms with Gasteiger partial charge >= 0.3 is 0 Å². The zero-order valence-electron chi connectivity index (χ0n) is 10.6. The predicted octanol–water partition coefficient (Wildman–Crippen LogP) is 0.591. The second-order valence-corrected chi connectivity index (χ2v) is 6.08. The van der Waals surface area contributed by atoms with Gasteiger partial charge in [0.25, 0.3) is 0 Å². The van der Waals surface area contributed by atoms with Crippen molar-refractivity contribution in [2.24, 2.45) is 17.1 Å². The molecule has 3 N–H and O–H groups in total. The molecule has 94 valence electrons. The first-order chi connectivity index (χ1) is 7.31. The number of hydrogen-bond acceptors (Lipinski definition) is 3. The molecule has 0 spiro atoms. The van der Waals surface area contributed by atoms with Gasteiger partial charge in [-0.15, -0.1) is 0 Å². The Hall–Kier alpha value is -0.610. The summed E-state index contributed by atoms with van der Waals surface area (Å²) in [5.74, 6) is 0.407. The van der Waals surface area contributed by atoms with Gasteiger partial charge in [-0.2, -0.15) is 0 Å². The van der Waals surface area contributed by atoms with Crippen molar-refractivity contribution in [3.63, 3.8) is 0 Å². The fraction of sp³-hybridized carbons (Fsp3) is 0.917. The van der Waals surface area contributed by atoms with E-state index in [0.717, 1.165) is 6.42 Å². The lowest BCUT2D eigenvalue weighted by Crippen LogP contribution is -2.52. The van der Waals surface area contributed by atoms with Gasteiger partial charge in [-0.25, -0.2) is 0 Å². The number of hydrogen-bond donors (Lipinski definition) is 2. The van der Waals surface area contributed by atoms with Crippen molar-refractivity contribution < 1.29 is 9.90 Å². The number of likely N-dealkylation sites (tertiary alicyclic amines) is 1. The maximum absolute atomic E-state index is 11.7. The molecule has 0 bridgehead atoms. The predicted molar refractivity (Wildman–Crippen MR) is 63.8 cm³/mol. The first kappa shape index (κ1) is 13.5. The Morgan fingerprint density at radius 2 is 2.06 bits per heavy atom. The Labute approximate surface area is 97.8 Å². The number of rotatable bonds is 4. The van der Waals surface area contributed by atoms with Gasteiger partial charge in [0.1, 0.15) is 0 Å². The Morgan fingerprint density at radius 3 is 2.50 bits per heavy atom. The average molecular weight is 228 g/mol. The highest BCUT2D eigenvalue weighted by molar-refractivity contribution is 5.77. The van der Waals surface area contributed by atoms with Crippen molar-refractivity contribution in [2.45, 2.75) is 39.7 Å². The van der Waals surface area contributed by atoms with Gasteiger partial charge in [-0.1, -0.05) is 20.8 Å². The summed E-state index contributed by atoms with van der Waals surface area (Å²) < 4.78 is 0. The van der Waals surface area contributed by atoms with Gasteiger partial charge in [0.2, 0.25) is 5.91 Å². The Bertz CT molecular complexity index is 242. The summed E-state index contributed by atoms with van der Waals surface area (Å²) in [7, 11) is 0. The van der Waals surface area contributed by atoms with Crippen LogP contribution in [0.1, 0.15) is 33.6 Å². The number of carbonyl (C=O) groups is 1. The van der Waals surface area contributed by atoms with Crippen LogP contribution in [0.3, 0.4) is 0 Å². The van der Waals surface area contributed by atoms with E-state index in [2.05, 4.69) is 20.8 Å². The van der Waals surface area contributed by atoms with Gasteiger partial charge in [-0.05, 0) is 11.8 Å².